The van der Waals surface area contributed by atoms with E-state index in [-0.39, 0.29) is 24.7 Å². The highest BCUT2D eigenvalue weighted by atomic mass is 16.7. The summed E-state index contributed by atoms with van der Waals surface area (Å²) in [6.07, 6.45) is 13.6. The van der Waals surface area contributed by atoms with Gasteiger partial charge in [0, 0.05) is 19.3 Å². The molecule has 1 spiro atoms. The average molecular weight is 569 g/mol. The Labute approximate surface area is 245 Å². The van der Waals surface area contributed by atoms with Gasteiger partial charge in [-0.25, -0.2) is 0 Å². The number of aliphatic hydroxyl groups excluding tert-OH is 1. The molecule has 4 heterocycles. The number of rotatable bonds is 1. The molecule has 7 heteroatoms. The molecule has 2 N–H and O–H groups in total. The predicted molar refractivity (Wildman–Crippen MR) is 157 cm³/mol. The maximum Gasteiger partial charge on any atom is 0.316 e. The maximum absolute atomic E-state index is 14.0. The molecule has 5 rings (SSSR count). The van der Waals surface area contributed by atoms with Crippen LogP contribution in [0.25, 0.3) is 0 Å². The van der Waals surface area contributed by atoms with Gasteiger partial charge in [-0.15, -0.1) is 0 Å². The van der Waals surface area contributed by atoms with E-state index in [0.717, 1.165) is 19.3 Å². The first-order valence-corrected chi connectivity index (χ1v) is 15.4. The Bertz CT molecular complexity index is 1160. The standard InChI is InChI=1S/C34H48O7/c1-7-22(4)30-23(5)13-14-33(41-30)18-27-17-26(40-33)12-11-21(3)15-20(2)9-8-10-25-19-38-31-29(35)24(6)16-28(32(36)39-27)34(25,31)37/h7-11,16,20,23,26-31,35,37H,12-15,17-19H2,1-6H3/b9-8+,21-11+,22-7+,25-10-/t20-,23-,26?,27?,28?,29+,30+,31?,33+,34-/m0/s1. The first-order chi connectivity index (χ1) is 19.5. The first kappa shape index (κ1) is 30.4. The van der Waals surface area contributed by atoms with Gasteiger partial charge < -0.3 is 29.2 Å². The van der Waals surface area contributed by atoms with Crippen LogP contribution in [0.5, 0.6) is 0 Å². The monoisotopic (exact) mass is 568 g/mol. The predicted octanol–water partition coefficient (Wildman–Crippen LogP) is 5.48. The van der Waals surface area contributed by atoms with Crippen molar-refractivity contribution in [3.05, 3.63) is 58.7 Å². The quantitative estimate of drug-likeness (QED) is 0.320. The van der Waals surface area contributed by atoms with E-state index in [4.69, 9.17) is 18.9 Å². The molecule has 10 atom stereocenters. The molecule has 41 heavy (non-hydrogen) atoms. The van der Waals surface area contributed by atoms with Gasteiger partial charge in [-0.05, 0) is 75.5 Å². The van der Waals surface area contributed by atoms with E-state index >= 15 is 0 Å². The van der Waals surface area contributed by atoms with Crippen LogP contribution in [-0.4, -0.2) is 64.7 Å². The van der Waals surface area contributed by atoms with Crippen molar-refractivity contribution in [1.29, 1.82) is 0 Å². The third kappa shape index (κ3) is 5.94. The summed E-state index contributed by atoms with van der Waals surface area (Å²) in [7, 11) is 0. The minimum absolute atomic E-state index is 0.0538. The van der Waals surface area contributed by atoms with Crippen molar-refractivity contribution < 1.29 is 34.0 Å². The van der Waals surface area contributed by atoms with Crippen LogP contribution in [0.4, 0.5) is 0 Å². The van der Waals surface area contributed by atoms with Crippen LogP contribution < -0.4 is 0 Å². The van der Waals surface area contributed by atoms with E-state index in [9.17, 15) is 15.0 Å². The van der Waals surface area contributed by atoms with Gasteiger partial charge in [-0.3, -0.25) is 4.79 Å². The van der Waals surface area contributed by atoms with Crippen LogP contribution in [0.3, 0.4) is 0 Å². The number of aliphatic hydroxyl groups is 2. The van der Waals surface area contributed by atoms with Gasteiger partial charge in [0.15, 0.2) is 5.79 Å². The molecule has 7 nitrogen and oxygen atoms in total. The van der Waals surface area contributed by atoms with Gasteiger partial charge in [0.25, 0.3) is 0 Å². The third-order valence-electron chi connectivity index (χ3n) is 9.86. The third-order valence-corrected chi connectivity index (χ3v) is 9.86. The van der Waals surface area contributed by atoms with Crippen molar-refractivity contribution in [2.24, 2.45) is 17.8 Å². The molecular formula is C34H48O7. The van der Waals surface area contributed by atoms with Gasteiger partial charge in [-0.2, -0.15) is 0 Å². The molecule has 4 aliphatic heterocycles. The van der Waals surface area contributed by atoms with Crippen LogP contribution in [0.2, 0.25) is 0 Å². The Kier molecular flexibility index (Phi) is 8.85. The molecule has 3 saturated heterocycles. The lowest BCUT2D eigenvalue weighted by Crippen LogP contribution is -2.58. The van der Waals surface area contributed by atoms with E-state index in [1.165, 1.54) is 11.1 Å². The minimum Gasteiger partial charge on any atom is -0.462 e. The summed E-state index contributed by atoms with van der Waals surface area (Å²) in [5.74, 6) is -1.70. The van der Waals surface area contributed by atoms with E-state index < -0.39 is 41.6 Å². The molecule has 3 fully saturated rings. The number of hydrogen-bond donors (Lipinski definition) is 2. The lowest BCUT2D eigenvalue weighted by Gasteiger charge is -2.50. The topological polar surface area (TPSA) is 94.5 Å². The molecule has 1 aliphatic carbocycles. The van der Waals surface area contributed by atoms with E-state index in [2.05, 4.69) is 45.9 Å². The van der Waals surface area contributed by atoms with Gasteiger partial charge in [0.1, 0.15) is 29.8 Å². The van der Waals surface area contributed by atoms with E-state index in [1.54, 1.807) is 13.0 Å². The fraction of sp³-hybridized carbons (Fsp3) is 0.676. The van der Waals surface area contributed by atoms with Crippen LogP contribution in [0, 0.1) is 17.8 Å². The number of ether oxygens (including phenoxy) is 4. The number of carbonyl (C=O) groups is 1. The van der Waals surface area contributed by atoms with Crippen molar-refractivity contribution >= 4 is 5.97 Å². The number of hydrogen-bond acceptors (Lipinski definition) is 7. The molecule has 2 bridgehead atoms. The van der Waals surface area contributed by atoms with Crippen molar-refractivity contribution in [2.75, 3.05) is 6.61 Å². The molecule has 0 amide bonds. The van der Waals surface area contributed by atoms with Gasteiger partial charge in [0.2, 0.25) is 0 Å². The molecule has 0 saturated carbocycles. The summed E-state index contributed by atoms with van der Waals surface area (Å²) in [4.78, 5) is 14.0. The Morgan fingerprint density at radius 1 is 1.17 bits per heavy atom. The molecule has 4 unspecified atom stereocenters. The highest BCUT2D eigenvalue weighted by Crippen LogP contribution is 2.47. The van der Waals surface area contributed by atoms with Crippen LogP contribution >= 0.6 is 0 Å². The maximum atomic E-state index is 14.0. The summed E-state index contributed by atoms with van der Waals surface area (Å²) < 4.78 is 25.7. The number of allylic oxidation sites excluding steroid dienone is 5. The van der Waals surface area contributed by atoms with Crippen LogP contribution in [0.15, 0.2) is 58.7 Å². The summed E-state index contributed by atoms with van der Waals surface area (Å²) >= 11 is 0. The van der Waals surface area contributed by atoms with Gasteiger partial charge in [-0.1, -0.05) is 55.9 Å². The Balaban J connectivity index is 1.51. The van der Waals surface area contributed by atoms with Gasteiger partial charge >= 0.3 is 5.97 Å². The fourth-order valence-corrected chi connectivity index (χ4v) is 7.37. The molecule has 0 aromatic carbocycles. The molecular weight excluding hydrogens is 520 g/mol. The lowest BCUT2D eigenvalue weighted by atomic mass is 9.71. The van der Waals surface area contributed by atoms with Crippen molar-refractivity contribution in [3.8, 4) is 0 Å². The number of esters is 1. The molecule has 5 aliphatic rings. The molecule has 0 aromatic heterocycles. The normalized spacial score (nSPS) is 47.4. The molecule has 0 radical (unpaired) electrons. The Hall–Kier alpha value is -2.03. The molecule has 226 valence electrons. The van der Waals surface area contributed by atoms with Crippen LogP contribution in [-0.2, 0) is 23.7 Å². The number of fused-ring (bicyclic) bond motifs is 2. The van der Waals surface area contributed by atoms with E-state index in [1.807, 2.05) is 19.1 Å². The summed E-state index contributed by atoms with van der Waals surface area (Å²) in [5.41, 5.74) is 1.93. The van der Waals surface area contributed by atoms with Crippen molar-refractivity contribution in [3.63, 3.8) is 0 Å². The summed E-state index contributed by atoms with van der Waals surface area (Å²) in [6.45, 7) is 12.6. The fourth-order valence-electron chi connectivity index (χ4n) is 7.37. The van der Waals surface area contributed by atoms with Crippen molar-refractivity contribution in [1.82, 2.24) is 0 Å². The second-order valence-corrected chi connectivity index (χ2v) is 13.2. The zero-order valence-corrected chi connectivity index (χ0v) is 25.5. The Morgan fingerprint density at radius 2 is 1.95 bits per heavy atom. The SMILES string of the molecule is C/C=C(\C)[C@H]1O[C@]2(CC[C@@H]1C)CC1CC(C/C=C(\C)C[C@@H](C)/C=C/C=C3/COC4[C@H](O)C(C)=CC(C(=O)O1)[C@@]34O)O2. The number of carbonyl (C=O) groups excluding carboxylic acids is 1. The zero-order chi connectivity index (χ0) is 29.5. The second-order valence-electron chi connectivity index (χ2n) is 13.2. The highest BCUT2D eigenvalue weighted by molar-refractivity contribution is 5.78. The van der Waals surface area contributed by atoms with Gasteiger partial charge in [0.05, 0.1) is 18.8 Å². The smallest absolute Gasteiger partial charge is 0.316 e. The highest BCUT2D eigenvalue weighted by Gasteiger charge is 2.60. The first-order valence-electron chi connectivity index (χ1n) is 15.4. The largest absolute Gasteiger partial charge is 0.462 e. The van der Waals surface area contributed by atoms with E-state index in [0.29, 0.717) is 36.3 Å². The summed E-state index contributed by atoms with van der Waals surface area (Å²) in [5, 5.41) is 23.0. The second kappa shape index (κ2) is 11.9. The summed E-state index contributed by atoms with van der Waals surface area (Å²) in [6, 6.07) is 0. The van der Waals surface area contributed by atoms with Crippen LogP contribution in [0.1, 0.15) is 80.1 Å². The van der Waals surface area contributed by atoms with Crippen molar-refractivity contribution in [2.45, 2.75) is 122 Å². The molecule has 0 aromatic rings. The minimum atomic E-state index is -1.69. The lowest BCUT2D eigenvalue weighted by molar-refractivity contribution is -0.329. The Morgan fingerprint density at radius 3 is 2.71 bits per heavy atom. The average Bonchev–Trinajstić information content (AvgIpc) is 3.27. The zero-order valence-electron chi connectivity index (χ0n) is 25.5.